The van der Waals surface area contributed by atoms with Crippen LogP contribution in [-0.4, -0.2) is 41.0 Å². The first-order valence-electron chi connectivity index (χ1n) is 13.0. The highest BCUT2D eigenvalue weighted by atomic mass is 35.5. The molecule has 0 bridgehead atoms. The molecule has 2 atom stereocenters. The smallest absolute Gasteiger partial charge is 0.318 e. The fraction of sp³-hybridized carbons (Fsp3) is 0.714. The standard InChI is InChI=1S/C28H39ClF2N2O3/c1-25(2,3)9-8-18-6-7-20(12-22(18)29)27(5)26(4,21-10-19(11-21)23(34)35)16-33(24(36)32-27)15-17-13-28(30,31)14-17/h6-7,12,17,19,21H,8-11,13-16H2,1-5H3,(H,32,36)(H,34,35)/t19?,21?,26?,27-/m0/s1. The van der Waals surface area contributed by atoms with Gasteiger partial charge in [0.25, 0.3) is 0 Å². The average Bonchev–Trinajstić information content (AvgIpc) is 2.67. The van der Waals surface area contributed by atoms with E-state index in [0.717, 1.165) is 24.0 Å². The van der Waals surface area contributed by atoms with Gasteiger partial charge in [-0.25, -0.2) is 13.6 Å². The Bertz CT molecular complexity index is 1030. The lowest BCUT2D eigenvalue weighted by atomic mass is 9.52. The Labute approximate surface area is 218 Å². The van der Waals surface area contributed by atoms with Gasteiger partial charge in [-0.3, -0.25) is 4.79 Å². The number of alkyl halides is 2. The number of aliphatic carboxylic acids is 1. The number of carboxylic acids is 1. The lowest BCUT2D eigenvalue weighted by Gasteiger charge is -2.60. The molecule has 0 spiro atoms. The molecule has 2 N–H and O–H groups in total. The summed E-state index contributed by atoms with van der Waals surface area (Å²) in [5.41, 5.74) is 0.837. The molecule has 2 amide bonds. The van der Waals surface area contributed by atoms with E-state index in [4.69, 9.17) is 11.6 Å². The summed E-state index contributed by atoms with van der Waals surface area (Å²) in [6.07, 6.45) is 2.52. The van der Waals surface area contributed by atoms with Gasteiger partial charge in [-0.2, -0.15) is 0 Å². The van der Waals surface area contributed by atoms with Gasteiger partial charge in [0.1, 0.15) is 0 Å². The monoisotopic (exact) mass is 524 g/mol. The van der Waals surface area contributed by atoms with E-state index >= 15 is 0 Å². The molecular formula is C28H39ClF2N2O3. The highest BCUT2D eigenvalue weighted by Gasteiger charge is 2.60. The molecule has 0 aromatic heterocycles. The molecule has 36 heavy (non-hydrogen) atoms. The summed E-state index contributed by atoms with van der Waals surface area (Å²) in [5, 5.41) is 13.4. The topological polar surface area (TPSA) is 69.6 Å². The van der Waals surface area contributed by atoms with Gasteiger partial charge < -0.3 is 15.3 Å². The van der Waals surface area contributed by atoms with Crippen molar-refractivity contribution in [1.29, 1.82) is 0 Å². The van der Waals surface area contributed by atoms with Crippen LogP contribution < -0.4 is 5.32 Å². The van der Waals surface area contributed by atoms with Crippen LogP contribution in [0.5, 0.6) is 0 Å². The van der Waals surface area contributed by atoms with Gasteiger partial charge in [-0.05, 0) is 67.1 Å². The molecule has 3 aliphatic rings. The molecule has 200 valence electrons. The van der Waals surface area contributed by atoms with Crippen molar-refractivity contribution in [2.24, 2.45) is 28.6 Å². The molecule has 8 heteroatoms. The summed E-state index contributed by atoms with van der Waals surface area (Å²) < 4.78 is 26.9. The number of halogens is 3. The molecular weight excluding hydrogens is 486 g/mol. The number of benzene rings is 1. The fourth-order valence-corrected chi connectivity index (χ4v) is 6.56. The number of urea groups is 1. The summed E-state index contributed by atoms with van der Waals surface area (Å²) in [7, 11) is 0. The third-order valence-electron chi connectivity index (χ3n) is 9.12. The molecule has 1 saturated heterocycles. The van der Waals surface area contributed by atoms with E-state index < -0.39 is 28.8 Å². The number of nitrogens with one attached hydrogen (secondary N) is 1. The van der Waals surface area contributed by atoms with Gasteiger partial charge in [0.2, 0.25) is 5.92 Å². The number of aryl methyl sites for hydroxylation is 1. The third-order valence-corrected chi connectivity index (χ3v) is 9.47. The van der Waals surface area contributed by atoms with Gasteiger partial charge >= 0.3 is 12.0 Å². The van der Waals surface area contributed by atoms with E-state index in [-0.39, 0.29) is 42.7 Å². The lowest BCUT2D eigenvalue weighted by Crippen LogP contribution is -2.70. The quantitative estimate of drug-likeness (QED) is 0.416. The molecule has 1 aromatic carbocycles. The zero-order valence-electron chi connectivity index (χ0n) is 22.0. The minimum Gasteiger partial charge on any atom is -0.481 e. The summed E-state index contributed by atoms with van der Waals surface area (Å²) in [5.74, 6) is -3.98. The molecule has 2 aliphatic carbocycles. The van der Waals surface area contributed by atoms with Crippen molar-refractivity contribution in [3.8, 4) is 0 Å². The van der Waals surface area contributed by atoms with Crippen LogP contribution in [-0.2, 0) is 16.8 Å². The number of hydrogen-bond donors (Lipinski definition) is 2. The van der Waals surface area contributed by atoms with Crippen LogP contribution in [0.15, 0.2) is 18.2 Å². The Morgan fingerprint density at radius 2 is 1.86 bits per heavy atom. The van der Waals surface area contributed by atoms with Gasteiger partial charge in [0.05, 0.1) is 11.5 Å². The molecule has 1 unspecified atom stereocenters. The number of rotatable bonds is 7. The van der Waals surface area contributed by atoms with Gasteiger partial charge in [0.15, 0.2) is 0 Å². The molecule has 1 heterocycles. The Morgan fingerprint density at radius 3 is 2.39 bits per heavy atom. The molecule has 1 aliphatic heterocycles. The van der Waals surface area contributed by atoms with Crippen LogP contribution in [0.4, 0.5) is 13.6 Å². The van der Waals surface area contributed by atoms with Gasteiger partial charge in [-0.1, -0.05) is 51.4 Å². The van der Waals surface area contributed by atoms with Crippen LogP contribution in [0, 0.1) is 28.6 Å². The summed E-state index contributed by atoms with van der Waals surface area (Å²) in [4.78, 5) is 26.5. The summed E-state index contributed by atoms with van der Waals surface area (Å²) in [6.45, 7) is 11.3. The molecule has 1 aromatic rings. The second-order valence-corrected chi connectivity index (χ2v) is 13.5. The minimum atomic E-state index is -2.64. The number of carbonyl (C=O) groups excluding carboxylic acids is 1. The molecule has 3 fully saturated rings. The highest BCUT2D eigenvalue weighted by molar-refractivity contribution is 6.31. The van der Waals surface area contributed by atoms with E-state index in [1.54, 1.807) is 4.90 Å². The van der Waals surface area contributed by atoms with E-state index in [2.05, 4.69) is 33.0 Å². The number of nitrogens with zero attached hydrogens (tertiary/aromatic N) is 1. The van der Waals surface area contributed by atoms with Crippen molar-refractivity contribution in [3.63, 3.8) is 0 Å². The number of carbonyl (C=O) groups is 2. The van der Waals surface area contributed by atoms with E-state index in [1.165, 1.54) is 0 Å². The van der Waals surface area contributed by atoms with Crippen LogP contribution >= 0.6 is 11.6 Å². The van der Waals surface area contributed by atoms with Crippen LogP contribution in [0.3, 0.4) is 0 Å². The highest BCUT2D eigenvalue weighted by Crippen LogP contribution is 2.56. The van der Waals surface area contributed by atoms with Crippen molar-refractivity contribution in [1.82, 2.24) is 10.2 Å². The van der Waals surface area contributed by atoms with E-state index in [1.807, 2.05) is 25.1 Å². The van der Waals surface area contributed by atoms with Crippen molar-refractivity contribution in [2.45, 2.75) is 84.6 Å². The van der Waals surface area contributed by atoms with Crippen molar-refractivity contribution in [2.75, 3.05) is 13.1 Å². The molecule has 4 rings (SSSR count). The summed E-state index contributed by atoms with van der Waals surface area (Å²) in [6, 6.07) is 5.73. The predicted molar refractivity (Wildman–Crippen MR) is 136 cm³/mol. The molecule has 0 radical (unpaired) electrons. The lowest BCUT2D eigenvalue weighted by molar-refractivity contribution is -0.152. The first kappa shape index (κ1) is 27.2. The van der Waals surface area contributed by atoms with Crippen molar-refractivity contribution in [3.05, 3.63) is 34.3 Å². The zero-order valence-corrected chi connectivity index (χ0v) is 22.7. The predicted octanol–water partition coefficient (Wildman–Crippen LogP) is 6.72. The number of amides is 2. The number of hydrogen-bond acceptors (Lipinski definition) is 2. The maximum absolute atomic E-state index is 13.5. The fourth-order valence-electron chi connectivity index (χ4n) is 6.28. The Balaban J connectivity index is 1.61. The zero-order chi connectivity index (χ0) is 26.7. The second-order valence-electron chi connectivity index (χ2n) is 13.1. The van der Waals surface area contributed by atoms with Crippen LogP contribution in [0.1, 0.15) is 77.8 Å². The van der Waals surface area contributed by atoms with Gasteiger partial charge in [0, 0.05) is 36.4 Å². The Hall–Kier alpha value is -1.89. The average molecular weight is 525 g/mol. The van der Waals surface area contributed by atoms with Crippen LogP contribution in [0.25, 0.3) is 0 Å². The van der Waals surface area contributed by atoms with E-state index in [0.29, 0.717) is 24.4 Å². The third kappa shape index (κ3) is 5.09. The van der Waals surface area contributed by atoms with Crippen molar-refractivity contribution >= 4 is 23.6 Å². The molecule has 2 saturated carbocycles. The maximum Gasteiger partial charge on any atom is 0.318 e. The second kappa shape index (κ2) is 9.14. The molecule has 5 nitrogen and oxygen atoms in total. The summed E-state index contributed by atoms with van der Waals surface area (Å²) >= 11 is 6.74. The Morgan fingerprint density at radius 1 is 1.22 bits per heavy atom. The largest absolute Gasteiger partial charge is 0.481 e. The first-order chi connectivity index (χ1) is 16.5. The first-order valence-corrected chi connectivity index (χ1v) is 13.4. The number of carboxylic acid groups (broad SMARTS) is 1. The minimum absolute atomic E-state index is 0.0638. The van der Waals surface area contributed by atoms with Crippen molar-refractivity contribution < 1.29 is 23.5 Å². The normalized spacial score (nSPS) is 32.4. The van der Waals surface area contributed by atoms with Gasteiger partial charge in [-0.15, -0.1) is 0 Å². The Kier molecular flexibility index (Phi) is 6.89. The van der Waals surface area contributed by atoms with Crippen LogP contribution in [0.2, 0.25) is 5.02 Å². The maximum atomic E-state index is 13.5. The SMILES string of the molecule is CC(C)(C)CCc1ccc([C@]2(C)NC(=O)N(CC3CC(F)(F)C3)CC2(C)C2CC(C(=O)O)C2)cc1Cl. The van der Waals surface area contributed by atoms with E-state index in [9.17, 15) is 23.5 Å².